The lowest BCUT2D eigenvalue weighted by atomic mass is 10.1. The molecule has 2 rings (SSSR count). The fourth-order valence-electron chi connectivity index (χ4n) is 3.85. The van der Waals surface area contributed by atoms with E-state index in [0.29, 0.717) is 32.2 Å². The standard InChI is InChI=1S/C18H29N5O7/c1-9(24)14(20)17(28)23-7-3-5-12(23)16(27)22-6-2-4-11(22)15(26)21-10(18(29)30)8-13(19)25/h9-12,14,24H,2-8,20H2,1H3,(H2,19,25)(H,21,26)(H,29,30). The summed E-state index contributed by atoms with van der Waals surface area (Å²) in [6.07, 6.45) is 0.210. The van der Waals surface area contributed by atoms with Gasteiger partial charge in [0.15, 0.2) is 0 Å². The Morgan fingerprint density at radius 2 is 1.63 bits per heavy atom. The lowest BCUT2D eigenvalue weighted by molar-refractivity contribution is -0.149. The Bertz CT molecular complexity index is 713. The smallest absolute Gasteiger partial charge is 0.326 e. The van der Waals surface area contributed by atoms with Gasteiger partial charge in [-0.15, -0.1) is 0 Å². The van der Waals surface area contributed by atoms with Crippen molar-refractivity contribution in [1.82, 2.24) is 15.1 Å². The van der Waals surface area contributed by atoms with E-state index < -0.39 is 66.3 Å². The van der Waals surface area contributed by atoms with E-state index in [1.54, 1.807) is 0 Å². The number of carboxylic acid groups (broad SMARTS) is 1. The van der Waals surface area contributed by atoms with E-state index in [-0.39, 0.29) is 6.54 Å². The van der Waals surface area contributed by atoms with Gasteiger partial charge in [0.2, 0.25) is 23.6 Å². The largest absolute Gasteiger partial charge is 0.480 e. The quantitative estimate of drug-likeness (QED) is 0.272. The van der Waals surface area contributed by atoms with Gasteiger partial charge in [0.1, 0.15) is 24.2 Å². The molecule has 0 aliphatic carbocycles. The summed E-state index contributed by atoms with van der Waals surface area (Å²) >= 11 is 0. The number of rotatable bonds is 8. The number of carboxylic acids is 1. The van der Waals surface area contributed by atoms with Crippen LogP contribution in [0.3, 0.4) is 0 Å². The molecule has 2 aliphatic heterocycles. The van der Waals surface area contributed by atoms with Crippen LogP contribution in [0.25, 0.3) is 0 Å². The molecular weight excluding hydrogens is 398 g/mol. The Morgan fingerprint density at radius 3 is 2.17 bits per heavy atom. The third-order valence-electron chi connectivity index (χ3n) is 5.48. The molecule has 2 heterocycles. The van der Waals surface area contributed by atoms with Crippen LogP contribution in [-0.2, 0) is 24.0 Å². The second-order valence-corrected chi connectivity index (χ2v) is 7.72. The second kappa shape index (κ2) is 9.85. The van der Waals surface area contributed by atoms with Crippen molar-refractivity contribution in [2.24, 2.45) is 11.5 Å². The first-order valence-corrected chi connectivity index (χ1v) is 9.90. The highest BCUT2D eigenvalue weighted by Gasteiger charge is 2.43. The van der Waals surface area contributed by atoms with Gasteiger partial charge in [-0.05, 0) is 32.6 Å². The number of amides is 4. The van der Waals surface area contributed by atoms with Crippen LogP contribution in [0.1, 0.15) is 39.0 Å². The van der Waals surface area contributed by atoms with Crippen LogP contribution in [0.2, 0.25) is 0 Å². The molecule has 0 bridgehead atoms. The van der Waals surface area contributed by atoms with Gasteiger partial charge in [-0.3, -0.25) is 19.2 Å². The van der Waals surface area contributed by atoms with Crippen LogP contribution in [0, 0.1) is 0 Å². The number of hydrogen-bond donors (Lipinski definition) is 5. The predicted octanol–water partition coefficient (Wildman–Crippen LogP) is -2.88. The summed E-state index contributed by atoms with van der Waals surface area (Å²) in [5, 5.41) is 21.0. The van der Waals surface area contributed by atoms with Gasteiger partial charge in [-0.1, -0.05) is 0 Å². The number of nitrogens with zero attached hydrogens (tertiary/aromatic N) is 2. The van der Waals surface area contributed by atoms with Crippen molar-refractivity contribution in [3.05, 3.63) is 0 Å². The fraction of sp³-hybridized carbons (Fsp3) is 0.722. The van der Waals surface area contributed by atoms with E-state index in [0.717, 1.165) is 0 Å². The average Bonchev–Trinajstić information content (AvgIpc) is 3.34. The van der Waals surface area contributed by atoms with Crippen molar-refractivity contribution in [3.63, 3.8) is 0 Å². The molecule has 30 heavy (non-hydrogen) atoms. The summed E-state index contributed by atoms with van der Waals surface area (Å²) in [6.45, 7) is 1.99. The molecule has 2 saturated heterocycles. The number of hydrogen-bond acceptors (Lipinski definition) is 7. The van der Waals surface area contributed by atoms with E-state index in [9.17, 15) is 34.2 Å². The van der Waals surface area contributed by atoms with Crippen LogP contribution in [0.15, 0.2) is 0 Å². The van der Waals surface area contributed by atoms with Crippen molar-refractivity contribution in [2.45, 2.75) is 69.3 Å². The Labute approximate surface area is 173 Å². The van der Waals surface area contributed by atoms with Crippen LogP contribution in [-0.4, -0.2) is 93.0 Å². The minimum Gasteiger partial charge on any atom is -0.480 e. The number of nitrogens with one attached hydrogen (secondary N) is 1. The number of aliphatic hydroxyl groups is 1. The normalized spacial score (nSPS) is 24.2. The molecule has 0 aromatic rings. The van der Waals surface area contributed by atoms with Crippen LogP contribution in [0.5, 0.6) is 0 Å². The topological polar surface area (TPSA) is 196 Å². The number of primary amides is 1. The first kappa shape index (κ1) is 23.5. The van der Waals surface area contributed by atoms with Crippen molar-refractivity contribution in [3.8, 4) is 0 Å². The third kappa shape index (κ3) is 5.25. The third-order valence-corrected chi connectivity index (χ3v) is 5.48. The monoisotopic (exact) mass is 427 g/mol. The maximum Gasteiger partial charge on any atom is 0.326 e. The van der Waals surface area contributed by atoms with Gasteiger partial charge in [0.25, 0.3) is 0 Å². The zero-order valence-electron chi connectivity index (χ0n) is 16.8. The molecule has 0 radical (unpaired) electrons. The highest BCUT2D eigenvalue weighted by atomic mass is 16.4. The fourth-order valence-corrected chi connectivity index (χ4v) is 3.85. The van der Waals surface area contributed by atoms with E-state index >= 15 is 0 Å². The van der Waals surface area contributed by atoms with E-state index in [1.807, 2.05) is 0 Å². The lowest BCUT2D eigenvalue weighted by Gasteiger charge is -2.32. The zero-order valence-corrected chi connectivity index (χ0v) is 16.8. The number of aliphatic hydroxyl groups excluding tert-OH is 1. The average molecular weight is 427 g/mol. The highest BCUT2D eigenvalue weighted by Crippen LogP contribution is 2.25. The Balaban J connectivity index is 2.11. The molecule has 5 atom stereocenters. The molecule has 168 valence electrons. The molecule has 0 aromatic heterocycles. The summed E-state index contributed by atoms with van der Waals surface area (Å²) in [7, 11) is 0. The Hall–Kier alpha value is -2.73. The van der Waals surface area contributed by atoms with Crippen molar-refractivity contribution < 1.29 is 34.2 Å². The molecule has 2 fully saturated rings. The number of nitrogens with two attached hydrogens (primary N) is 2. The molecule has 2 aliphatic rings. The van der Waals surface area contributed by atoms with Crippen LogP contribution in [0.4, 0.5) is 0 Å². The Kier molecular flexibility index (Phi) is 7.73. The molecule has 7 N–H and O–H groups in total. The van der Waals surface area contributed by atoms with Crippen molar-refractivity contribution in [1.29, 1.82) is 0 Å². The minimum atomic E-state index is -1.49. The molecule has 0 spiro atoms. The van der Waals surface area contributed by atoms with Gasteiger partial charge >= 0.3 is 5.97 Å². The number of aliphatic carboxylic acids is 1. The molecule has 0 saturated carbocycles. The van der Waals surface area contributed by atoms with Gasteiger partial charge in [-0.2, -0.15) is 0 Å². The van der Waals surface area contributed by atoms with Crippen LogP contribution >= 0.6 is 0 Å². The lowest BCUT2D eigenvalue weighted by Crippen LogP contribution is -2.57. The van der Waals surface area contributed by atoms with Gasteiger partial charge in [0, 0.05) is 13.1 Å². The number of carbonyl (C=O) groups is 5. The van der Waals surface area contributed by atoms with Crippen molar-refractivity contribution in [2.75, 3.05) is 13.1 Å². The maximum atomic E-state index is 13.1. The number of likely N-dealkylation sites (tertiary alicyclic amines) is 2. The maximum absolute atomic E-state index is 13.1. The molecule has 4 amide bonds. The second-order valence-electron chi connectivity index (χ2n) is 7.72. The Morgan fingerprint density at radius 1 is 1.07 bits per heavy atom. The summed E-state index contributed by atoms with van der Waals surface area (Å²) < 4.78 is 0. The molecular formula is C18H29N5O7. The van der Waals surface area contributed by atoms with E-state index in [4.69, 9.17) is 11.5 Å². The molecule has 12 nitrogen and oxygen atoms in total. The first-order chi connectivity index (χ1) is 14.0. The summed E-state index contributed by atoms with van der Waals surface area (Å²) in [5.74, 6) is -3.92. The minimum absolute atomic E-state index is 0.283. The summed E-state index contributed by atoms with van der Waals surface area (Å²) in [4.78, 5) is 63.3. The highest BCUT2D eigenvalue weighted by molar-refractivity contribution is 5.95. The van der Waals surface area contributed by atoms with E-state index in [2.05, 4.69) is 5.32 Å². The zero-order chi connectivity index (χ0) is 22.6. The summed E-state index contributed by atoms with van der Waals surface area (Å²) in [5.41, 5.74) is 10.8. The number of carbonyl (C=O) groups excluding carboxylic acids is 4. The van der Waals surface area contributed by atoms with Gasteiger partial charge in [0.05, 0.1) is 12.5 Å². The predicted molar refractivity (Wildman–Crippen MR) is 103 cm³/mol. The van der Waals surface area contributed by atoms with Crippen molar-refractivity contribution >= 4 is 29.6 Å². The van der Waals surface area contributed by atoms with Gasteiger partial charge < -0.3 is 36.8 Å². The first-order valence-electron chi connectivity index (χ1n) is 9.90. The van der Waals surface area contributed by atoms with E-state index in [1.165, 1.54) is 16.7 Å². The van der Waals surface area contributed by atoms with Gasteiger partial charge in [-0.25, -0.2) is 4.79 Å². The molecule has 0 aromatic carbocycles. The summed E-state index contributed by atoms with van der Waals surface area (Å²) in [6, 6.07) is -4.34. The van der Waals surface area contributed by atoms with Crippen LogP contribution < -0.4 is 16.8 Å². The molecule has 12 heteroatoms. The SMILES string of the molecule is CC(O)C(N)C(=O)N1CCCC1C(=O)N1CCCC1C(=O)NC(CC(N)=O)C(=O)O. The molecule has 5 unspecified atom stereocenters.